The number of rotatable bonds is 5. The van der Waals surface area contributed by atoms with Crippen LogP contribution in [0.5, 0.6) is 23.0 Å². The van der Waals surface area contributed by atoms with Crippen molar-refractivity contribution in [1.29, 1.82) is 0 Å². The van der Waals surface area contributed by atoms with Gasteiger partial charge in [0.25, 0.3) is 0 Å². The van der Waals surface area contributed by atoms with Crippen molar-refractivity contribution in [2.45, 2.75) is 19.3 Å². The maximum absolute atomic E-state index is 12.5. The quantitative estimate of drug-likeness (QED) is 0.677. The van der Waals surface area contributed by atoms with Crippen LogP contribution in [0.15, 0.2) is 34.8 Å². The zero-order chi connectivity index (χ0) is 20.2. The second-order valence-corrected chi connectivity index (χ2v) is 7.51. The summed E-state index contributed by atoms with van der Waals surface area (Å²) in [6.45, 7) is 2.10. The Bertz CT molecular complexity index is 945. The number of halogens is 1. The first-order chi connectivity index (χ1) is 14.1. The molecule has 2 heterocycles. The highest BCUT2D eigenvalue weighted by Crippen LogP contribution is 2.38. The fourth-order valence-electron chi connectivity index (χ4n) is 3.08. The van der Waals surface area contributed by atoms with Gasteiger partial charge in [-0.05, 0) is 34.1 Å². The van der Waals surface area contributed by atoms with E-state index in [9.17, 15) is 9.59 Å². The number of anilines is 1. The summed E-state index contributed by atoms with van der Waals surface area (Å²) in [5, 5.41) is 2.81. The maximum atomic E-state index is 12.5. The van der Waals surface area contributed by atoms with E-state index < -0.39 is 0 Å². The third kappa shape index (κ3) is 4.64. The van der Waals surface area contributed by atoms with E-state index in [-0.39, 0.29) is 24.5 Å². The lowest BCUT2D eigenvalue weighted by Gasteiger charge is -2.20. The second-order valence-electron chi connectivity index (χ2n) is 6.66. The van der Waals surface area contributed by atoms with Crippen molar-refractivity contribution in [2.24, 2.45) is 0 Å². The normalized spacial score (nSPS) is 14.7. The molecule has 2 aliphatic rings. The molecule has 0 fully saturated rings. The van der Waals surface area contributed by atoms with E-state index in [1.54, 1.807) is 30.3 Å². The Morgan fingerprint density at radius 3 is 2.28 bits per heavy atom. The lowest BCUT2D eigenvalue weighted by atomic mass is 10.1. The summed E-state index contributed by atoms with van der Waals surface area (Å²) in [4.78, 5) is 24.9. The van der Waals surface area contributed by atoms with E-state index in [2.05, 4.69) is 21.2 Å². The standard InChI is InChI=1S/C21H20BrNO6/c22-14-11-19-20(29-9-8-28-19)12-15(14)23-21(25)5-3-16(24)13-2-4-17-18(10-13)27-7-1-6-26-17/h2,4,10-12H,1,3,5-9H2,(H,23,25). The van der Waals surface area contributed by atoms with Gasteiger partial charge in [-0.25, -0.2) is 0 Å². The average molecular weight is 462 g/mol. The van der Waals surface area contributed by atoms with Gasteiger partial charge in [0.1, 0.15) is 13.2 Å². The number of nitrogens with one attached hydrogen (secondary N) is 1. The molecule has 8 heteroatoms. The molecule has 1 N–H and O–H groups in total. The van der Waals surface area contributed by atoms with Gasteiger partial charge in [-0.15, -0.1) is 0 Å². The molecule has 0 saturated heterocycles. The Kier molecular flexibility index (Phi) is 5.89. The number of ketones is 1. The summed E-state index contributed by atoms with van der Waals surface area (Å²) < 4.78 is 22.9. The maximum Gasteiger partial charge on any atom is 0.224 e. The summed E-state index contributed by atoms with van der Waals surface area (Å²) in [5.74, 6) is 2.03. The van der Waals surface area contributed by atoms with Gasteiger partial charge in [0.2, 0.25) is 5.91 Å². The molecule has 0 bridgehead atoms. The minimum absolute atomic E-state index is 0.0636. The minimum atomic E-state index is -0.259. The first-order valence-electron chi connectivity index (χ1n) is 9.42. The van der Waals surface area contributed by atoms with Crippen LogP contribution >= 0.6 is 15.9 Å². The van der Waals surface area contributed by atoms with Gasteiger partial charge in [-0.1, -0.05) is 0 Å². The number of carbonyl (C=O) groups excluding carboxylic acids is 2. The van der Waals surface area contributed by atoms with Gasteiger partial charge >= 0.3 is 0 Å². The summed E-state index contributed by atoms with van der Waals surface area (Å²) >= 11 is 3.42. The third-order valence-corrected chi connectivity index (χ3v) is 5.21. The first kappa shape index (κ1) is 19.6. The van der Waals surface area contributed by atoms with Gasteiger partial charge in [0, 0.05) is 41.4 Å². The lowest BCUT2D eigenvalue weighted by molar-refractivity contribution is -0.116. The molecule has 0 saturated carbocycles. The number of ether oxygens (including phenoxy) is 4. The summed E-state index contributed by atoms with van der Waals surface area (Å²) in [7, 11) is 0. The summed E-state index contributed by atoms with van der Waals surface area (Å²) in [6.07, 6.45) is 0.954. The van der Waals surface area contributed by atoms with Crippen molar-refractivity contribution in [3.8, 4) is 23.0 Å². The number of hydrogen-bond donors (Lipinski definition) is 1. The molecule has 0 spiro atoms. The van der Waals surface area contributed by atoms with Crippen LogP contribution in [0, 0.1) is 0 Å². The number of hydrogen-bond acceptors (Lipinski definition) is 6. The Hall–Kier alpha value is -2.74. The Balaban J connectivity index is 1.36. The molecule has 0 atom stereocenters. The van der Waals surface area contributed by atoms with Crippen LogP contribution in [0.4, 0.5) is 5.69 Å². The van der Waals surface area contributed by atoms with Crippen LogP contribution in [0.3, 0.4) is 0 Å². The molecular formula is C21H20BrNO6. The van der Waals surface area contributed by atoms with Crippen molar-refractivity contribution in [3.63, 3.8) is 0 Å². The second kappa shape index (κ2) is 8.73. The molecule has 0 aromatic heterocycles. The van der Waals surface area contributed by atoms with Crippen LogP contribution < -0.4 is 24.3 Å². The SMILES string of the molecule is O=C(CCC(=O)c1ccc2c(c1)OCCCO2)Nc1cc2c(cc1Br)OCCO2. The summed E-state index contributed by atoms with van der Waals surface area (Å²) in [5.41, 5.74) is 1.07. The van der Waals surface area contributed by atoms with Gasteiger partial charge < -0.3 is 24.3 Å². The Morgan fingerprint density at radius 1 is 0.828 bits per heavy atom. The highest BCUT2D eigenvalue weighted by Gasteiger charge is 2.18. The van der Waals surface area contributed by atoms with Crippen molar-refractivity contribution >= 4 is 33.3 Å². The molecule has 2 aliphatic heterocycles. The number of Topliss-reactive ketones (excluding diaryl/α,β-unsaturated/α-hetero) is 1. The zero-order valence-corrected chi connectivity index (χ0v) is 17.2. The largest absolute Gasteiger partial charge is 0.490 e. The molecule has 7 nitrogen and oxygen atoms in total. The number of benzene rings is 2. The molecule has 0 unspecified atom stereocenters. The lowest BCUT2D eigenvalue weighted by Crippen LogP contribution is -2.17. The number of fused-ring (bicyclic) bond motifs is 2. The fraction of sp³-hybridized carbons (Fsp3) is 0.333. The molecule has 1 amide bonds. The van der Waals surface area contributed by atoms with Crippen molar-refractivity contribution in [2.75, 3.05) is 31.7 Å². The van der Waals surface area contributed by atoms with Crippen LogP contribution in [-0.4, -0.2) is 38.1 Å². The highest BCUT2D eigenvalue weighted by molar-refractivity contribution is 9.10. The first-order valence-corrected chi connectivity index (χ1v) is 10.2. The predicted octanol–water partition coefficient (Wildman–Crippen LogP) is 3.98. The zero-order valence-electron chi connectivity index (χ0n) is 15.7. The van der Waals surface area contributed by atoms with Gasteiger partial charge in [0.15, 0.2) is 28.8 Å². The number of carbonyl (C=O) groups is 2. The van der Waals surface area contributed by atoms with Gasteiger partial charge in [-0.2, -0.15) is 0 Å². The van der Waals surface area contributed by atoms with Crippen LogP contribution in [-0.2, 0) is 4.79 Å². The fourth-order valence-corrected chi connectivity index (χ4v) is 3.50. The Labute approximate surface area is 176 Å². The minimum Gasteiger partial charge on any atom is -0.490 e. The van der Waals surface area contributed by atoms with Gasteiger partial charge in [-0.3, -0.25) is 9.59 Å². The highest BCUT2D eigenvalue weighted by atomic mass is 79.9. The Morgan fingerprint density at radius 2 is 1.48 bits per heavy atom. The van der Waals surface area contributed by atoms with Crippen LogP contribution in [0.2, 0.25) is 0 Å². The average Bonchev–Trinajstić information content (AvgIpc) is 2.97. The van der Waals surface area contributed by atoms with Crippen molar-refractivity contribution in [3.05, 3.63) is 40.4 Å². The van der Waals surface area contributed by atoms with E-state index in [0.717, 1.165) is 6.42 Å². The van der Waals surface area contributed by atoms with Crippen LogP contribution in [0.1, 0.15) is 29.6 Å². The molecule has 29 heavy (non-hydrogen) atoms. The monoisotopic (exact) mass is 461 g/mol. The molecule has 0 radical (unpaired) electrons. The molecule has 2 aromatic rings. The van der Waals surface area contributed by atoms with E-state index >= 15 is 0 Å². The topological polar surface area (TPSA) is 83.1 Å². The van der Waals surface area contributed by atoms with Crippen molar-refractivity contribution < 1.29 is 28.5 Å². The van der Waals surface area contributed by atoms with E-state index in [0.29, 0.717) is 65.1 Å². The van der Waals surface area contributed by atoms with E-state index in [1.165, 1.54) is 0 Å². The number of amides is 1. The predicted molar refractivity (Wildman–Crippen MR) is 109 cm³/mol. The third-order valence-electron chi connectivity index (χ3n) is 4.55. The van der Waals surface area contributed by atoms with E-state index in [1.807, 2.05) is 0 Å². The molecule has 4 rings (SSSR count). The smallest absolute Gasteiger partial charge is 0.224 e. The van der Waals surface area contributed by atoms with E-state index in [4.69, 9.17) is 18.9 Å². The van der Waals surface area contributed by atoms with Crippen LogP contribution in [0.25, 0.3) is 0 Å². The molecule has 0 aliphatic carbocycles. The van der Waals surface area contributed by atoms with Gasteiger partial charge in [0.05, 0.1) is 18.9 Å². The van der Waals surface area contributed by atoms with Crippen molar-refractivity contribution in [1.82, 2.24) is 0 Å². The molecular weight excluding hydrogens is 442 g/mol. The molecule has 152 valence electrons. The molecule has 2 aromatic carbocycles. The summed E-state index contributed by atoms with van der Waals surface area (Å²) in [6, 6.07) is 8.58.